The topological polar surface area (TPSA) is 85.4 Å². The minimum atomic E-state index is -0.315. The van der Waals surface area contributed by atoms with Crippen molar-refractivity contribution in [3.05, 3.63) is 65.7 Å². The van der Waals surface area contributed by atoms with Gasteiger partial charge in [0.05, 0.1) is 14.2 Å². The van der Waals surface area contributed by atoms with Gasteiger partial charge in [0, 0.05) is 11.3 Å². The Morgan fingerprint density at radius 1 is 0.889 bits per heavy atom. The highest BCUT2D eigenvalue weighted by molar-refractivity contribution is 6.04. The lowest BCUT2D eigenvalue weighted by atomic mass is 10.2. The first-order valence-corrected chi connectivity index (χ1v) is 8.30. The van der Waals surface area contributed by atoms with Crippen LogP contribution in [-0.2, 0) is 0 Å². The number of ether oxygens (including phenoxy) is 2. The van der Waals surface area contributed by atoms with Crippen LogP contribution in [0.25, 0.3) is 0 Å². The minimum Gasteiger partial charge on any atom is -0.493 e. The van der Waals surface area contributed by atoms with E-state index in [0.717, 1.165) is 11.3 Å². The molecule has 2 N–H and O–H groups in total. The van der Waals surface area contributed by atoms with Crippen LogP contribution in [0.15, 0.2) is 54.6 Å². The molecule has 0 aliphatic heterocycles. The van der Waals surface area contributed by atoms with Gasteiger partial charge in [0.25, 0.3) is 5.91 Å². The number of amides is 1. The molecule has 0 atom stereocenters. The van der Waals surface area contributed by atoms with Crippen LogP contribution in [0.3, 0.4) is 0 Å². The standard InChI is InChI=1S/C20H20N4O3/c1-13-5-4-6-15(11-13)21-18-9-10-19(24-23-18)22-20(25)14-7-8-16(26-2)17(12-14)27-3/h4-12H,1-3H3,(H,21,23)(H,22,24,25). The summed E-state index contributed by atoms with van der Waals surface area (Å²) in [6.45, 7) is 2.02. The molecule has 0 spiro atoms. The number of benzene rings is 2. The van der Waals surface area contributed by atoms with Crippen molar-refractivity contribution in [2.24, 2.45) is 0 Å². The Morgan fingerprint density at radius 2 is 1.63 bits per heavy atom. The average Bonchev–Trinajstić information content (AvgIpc) is 2.69. The highest BCUT2D eigenvalue weighted by Gasteiger charge is 2.12. The number of nitrogens with zero attached hydrogens (tertiary/aromatic N) is 2. The fourth-order valence-electron chi connectivity index (χ4n) is 2.50. The predicted octanol–water partition coefficient (Wildman–Crippen LogP) is 3.80. The number of carbonyl (C=O) groups is 1. The van der Waals surface area contributed by atoms with Gasteiger partial charge in [0.15, 0.2) is 23.1 Å². The zero-order chi connectivity index (χ0) is 19.2. The first-order chi connectivity index (χ1) is 13.1. The predicted molar refractivity (Wildman–Crippen MR) is 104 cm³/mol. The Balaban J connectivity index is 1.68. The van der Waals surface area contributed by atoms with Crippen LogP contribution in [0, 0.1) is 6.92 Å². The highest BCUT2D eigenvalue weighted by atomic mass is 16.5. The fourth-order valence-corrected chi connectivity index (χ4v) is 2.50. The van der Waals surface area contributed by atoms with Crippen molar-refractivity contribution < 1.29 is 14.3 Å². The van der Waals surface area contributed by atoms with Crippen molar-refractivity contribution in [2.45, 2.75) is 6.92 Å². The molecular weight excluding hydrogens is 344 g/mol. The molecule has 2 aromatic carbocycles. The van der Waals surface area contributed by atoms with Gasteiger partial charge in [0.1, 0.15) is 0 Å². The summed E-state index contributed by atoms with van der Waals surface area (Å²) in [5, 5.41) is 14.0. The van der Waals surface area contributed by atoms with Gasteiger partial charge < -0.3 is 20.1 Å². The number of hydrogen-bond donors (Lipinski definition) is 2. The van der Waals surface area contributed by atoms with Crippen LogP contribution in [0.4, 0.5) is 17.3 Å². The molecule has 1 heterocycles. The van der Waals surface area contributed by atoms with Crippen molar-refractivity contribution in [1.82, 2.24) is 10.2 Å². The first-order valence-electron chi connectivity index (χ1n) is 8.30. The third-order valence-corrected chi connectivity index (χ3v) is 3.84. The lowest BCUT2D eigenvalue weighted by Crippen LogP contribution is -2.13. The van der Waals surface area contributed by atoms with Crippen LogP contribution >= 0.6 is 0 Å². The van der Waals surface area contributed by atoms with Crippen LogP contribution in [0.1, 0.15) is 15.9 Å². The van der Waals surface area contributed by atoms with E-state index in [1.165, 1.54) is 7.11 Å². The molecule has 7 nitrogen and oxygen atoms in total. The van der Waals surface area contributed by atoms with Gasteiger partial charge in [0.2, 0.25) is 0 Å². The van der Waals surface area contributed by atoms with Gasteiger partial charge in [-0.2, -0.15) is 0 Å². The second-order valence-electron chi connectivity index (χ2n) is 5.82. The van der Waals surface area contributed by atoms with E-state index >= 15 is 0 Å². The van der Waals surface area contributed by atoms with Crippen molar-refractivity contribution in [3.8, 4) is 11.5 Å². The SMILES string of the molecule is COc1ccc(C(=O)Nc2ccc(Nc3cccc(C)c3)nn2)cc1OC. The number of hydrogen-bond acceptors (Lipinski definition) is 6. The molecule has 138 valence electrons. The van der Waals surface area contributed by atoms with Crippen LogP contribution < -0.4 is 20.1 Å². The molecule has 0 aliphatic carbocycles. The third-order valence-electron chi connectivity index (χ3n) is 3.84. The van der Waals surface area contributed by atoms with Gasteiger partial charge >= 0.3 is 0 Å². The molecule has 0 aliphatic rings. The molecule has 0 unspecified atom stereocenters. The Morgan fingerprint density at radius 3 is 2.30 bits per heavy atom. The summed E-state index contributed by atoms with van der Waals surface area (Å²) < 4.78 is 10.4. The number of anilines is 3. The molecule has 0 saturated carbocycles. The summed E-state index contributed by atoms with van der Waals surface area (Å²) in [5.41, 5.74) is 2.49. The van der Waals surface area contributed by atoms with Crippen LogP contribution in [-0.4, -0.2) is 30.3 Å². The number of aryl methyl sites for hydroxylation is 1. The van der Waals surface area contributed by atoms with E-state index in [1.54, 1.807) is 37.4 Å². The number of rotatable bonds is 6. The Bertz CT molecular complexity index is 942. The van der Waals surface area contributed by atoms with Gasteiger partial charge in [-0.15, -0.1) is 10.2 Å². The summed E-state index contributed by atoms with van der Waals surface area (Å²) in [4.78, 5) is 12.4. The van der Waals surface area contributed by atoms with Gasteiger partial charge in [-0.05, 0) is 55.0 Å². The van der Waals surface area contributed by atoms with E-state index in [2.05, 4.69) is 20.8 Å². The number of methoxy groups -OCH3 is 2. The second kappa shape index (κ2) is 8.18. The molecule has 0 radical (unpaired) electrons. The molecule has 1 aromatic heterocycles. The second-order valence-corrected chi connectivity index (χ2v) is 5.82. The number of aromatic nitrogens is 2. The van der Waals surface area contributed by atoms with Crippen LogP contribution in [0.5, 0.6) is 11.5 Å². The van der Waals surface area contributed by atoms with E-state index in [9.17, 15) is 4.79 Å². The van der Waals surface area contributed by atoms with Crippen molar-refractivity contribution in [1.29, 1.82) is 0 Å². The van der Waals surface area contributed by atoms with E-state index in [1.807, 2.05) is 31.2 Å². The lowest BCUT2D eigenvalue weighted by molar-refractivity contribution is 0.102. The summed E-state index contributed by atoms with van der Waals surface area (Å²) in [6.07, 6.45) is 0. The van der Waals surface area contributed by atoms with E-state index in [0.29, 0.717) is 28.7 Å². The maximum absolute atomic E-state index is 12.4. The fraction of sp³-hybridized carbons (Fsp3) is 0.150. The smallest absolute Gasteiger partial charge is 0.257 e. The van der Waals surface area contributed by atoms with E-state index in [-0.39, 0.29) is 5.91 Å². The Labute approximate surface area is 157 Å². The molecule has 0 fully saturated rings. The van der Waals surface area contributed by atoms with Gasteiger partial charge in [-0.3, -0.25) is 4.79 Å². The van der Waals surface area contributed by atoms with Crippen molar-refractivity contribution in [3.63, 3.8) is 0 Å². The maximum atomic E-state index is 12.4. The summed E-state index contributed by atoms with van der Waals surface area (Å²) in [7, 11) is 3.06. The van der Waals surface area contributed by atoms with Crippen LogP contribution in [0.2, 0.25) is 0 Å². The molecule has 3 aromatic rings. The minimum absolute atomic E-state index is 0.315. The molecule has 0 bridgehead atoms. The summed E-state index contributed by atoms with van der Waals surface area (Å²) >= 11 is 0. The summed E-state index contributed by atoms with van der Waals surface area (Å²) in [5.74, 6) is 1.66. The Hall–Kier alpha value is -3.61. The zero-order valence-corrected chi connectivity index (χ0v) is 15.3. The maximum Gasteiger partial charge on any atom is 0.257 e. The zero-order valence-electron chi connectivity index (χ0n) is 15.3. The highest BCUT2D eigenvalue weighted by Crippen LogP contribution is 2.27. The van der Waals surface area contributed by atoms with Gasteiger partial charge in [-0.25, -0.2) is 0 Å². The van der Waals surface area contributed by atoms with Crippen molar-refractivity contribution >= 4 is 23.2 Å². The molecule has 0 saturated heterocycles. The third kappa shape index (κ3) is 4.52. The molecule has 27 heavy (non-hydrogen) atoms. The quantitative estimate of drug-likeness (QED) is 0.692. The average molecular weight is 364 g/mol. The monoisotopic (exact) mass is 364 g/mol. The normalized spacial score (nSPS) is 10.2. The van der Waals surface area contributed by atoms with Crippen molar-refractivity contribution in [2.75, 3.05) is 24.9 Å². The molecule has 7 heteroatoms. The van der Waals surface area contributed by atoms with E-state index in [4.69, 9.17) is 9.47 Å². The largest absolute Gasteiger partial charge is 0.493 e. The number of nitrogens with one attached hydrogen (secondary N) is 2. The summed E-state index contributed by atoms with van der Waals surface area (Å²) in [6, 6.07) is 16.3. The Kier molecular flexibility index (Phi) is 5.51. The first kappa shape index (κ1) is 18.2. The van der Waals surface area contributed by atoms with E-state index < -0.39 is 0 Å². The van der Waals surface area contributed by atoms with Gasteiger partial charge in [-0.1, -0.05) is 12.1 Å². The molecule has 3 rings (SSSR count). The molecular formula is C20H20N4O3. The number of carbonyl (C=O) groups excluding carboxylic acids is 1. The molecule has 1 amide bonds. The lowest BCUT2D eigenvalue weighted by Gasteiger charge is -2.10.